The van der Waals surface area contributed by atoms with Gasteiger partial charge in [-0.1, -0.05) is 23.4 Å². The lowest BCUT2D eigenvalue weighted by Gasteiger charge is -2.11. The molecule has 0 aliphatic heterocycles. The van der Waals surface area contributed by atoms with E-state index in [4.69, 9.17) is 20.8 Å². The number of amides is 1. The van der Waals surface area contributed by atoms with Crippen LogP contribution < -0.4 is 10.1 Å². The lowest BCUT2D eigenvalue weighted by Crippen LogP contribution is -2.25. The van der Waals surface area contributed by atoms with Crippen LogP contribution in [0.3, 0.4) is 0 Å². The maximum absolute atomic E-state index is 12.4. The average molecular weight is 433 g/mol. The van der Waals surface area contributed by atoms with Gasteiger partial charge in [0.2, 0.25) is 5.91 Å². The van der Waals surface area contributed by atoms with Gasteiger partial charge in [0.05, 0.1) is 25.7 Å². The van der Waals surface area contributed by atoms with Crippen LogP contribution in [0.25, 0.3) is 0 Å². The van der Waals surface area contributed by atoms with Gasteiger partial charge in [0, 0.05) is 23.0 Å². The molecule has 0 saturated heterocycles. The molecule has 0 spiro atoms. The number of carbonyl (C=O) groups is 1. The molecular formula is C20H21ClN4O3S. The van der Waals surface area contributed by atoms with Gasteiger partial charge >= 0.3 is 0 Å². The molecule has 152 valence electrons. The highest BCUT2D eigenvalue weighted by atomic mass is 35.5. The van der Waals surface area contributed by atoms with Gasteiger partial charge in [-0.3, -0.25) is 9.36 Å². The summed E-state index contributed by atoms with van der Waals surface area (Å²) in [4.78, 5) is 12.4. The van der Waals surface area contributed by atoms with Gasteiger partial charge in [-0.25, -0.2) is 0 Å². The monoisotopic (exact) mass is 432 g/mol. The zero-order valence-electron chi connectivity index (χ0n) is 15.9. The van der Waals surface area contributed by atoms with Crippen molar-refractivity contribution in [1.82, 2.24) is 20.1 Å². The van der Waals surface area contributed by atoms with E-state index >= 15 is 0 Å². The summed E-state index contributed by atoms with van der Waals surface area (Å²) in [6.07, 6.45) is 3.91. The molecular weight excluding hydrogens is 412 g/mol. The van der Waals surface area contributed by atoms with E-state index in [1.165, 1.54) is 11.8 Å². The van der Waals surface area contributed by atoms with E-state index in [0.29, 0.717) is 29.8 Å². The van der Waals surface area contributed by atoms with Crippen molar-refractivity contribution in [1.29, 1.82) is 0 Å². The van der Waals surface area contributed by atoms with E-state index in [9.17, 15) is 4.79 Å². The Hall–Kier alpha value is -2.45. The number of benzene rings is 1. The highest BCUT2D eigenvalue weighted by Crippen LogP contribution is 2.40. The molecule has 1 saturated carbocycles. The van der Waals surface area contributed by atoms with E-state index in [0.717, 1.165) is 35.1 Å². The fourth-order valence-corrected chi connectivity index (χ4v) is 3.99. The van der Waals surface area contributed by atoms with Gasteiger partial charge in [-0.2, -0.15) is 0 Å². The molecule has 2 aromatic heterocycles. The molecule has 0 atom stereocenters. The fraction of sp³-hybridized carbons (Fsp3) is 0.350. The molecule has 3 aromatic rings. The van der Waals surface area contributed by atoms with E-state index in [2.05, 4.69) is 20.1 Å². The van der Waals surface area contributed by atoms with Gasteiger partial charge in [-0.05, 0) is 43.2 Å². The normalized spacial score (nSPS) is 13.4. The number of carbonyl (C=O) groups excluding carboxylic acids is 1. The summed E-state index contributed by atoms with van der Waals surface area (Å²) in [5, 5.41) is 12.9. The third kappa shape index (κ3) is 4.94. The predicted molar refractivity (Wildman–Crippen MR) is 110 cm³/mol. The number of aromatic nitrogens is 3. The molecule has 1 N–H and O–H groups in total. The summed E-state index contributed by atoms with van der Waals surface area (Å²) < 4.78 is 12.8. The second-order valence-corrected chi connectivity index (χ2v) is 8.18. The van der Waals surface area contributed by atoms with Gasteiger partial charge in [0.1, 0.15) is 17.3 Å². The summed E-state index contributed by atoms with van der Waals surface area (Å²) in [5.41, 5.74) is 0.829. The quantitative estimate of drug-likeness (QED) is 0.517. The highest BCUT2D eigenvalue weighted by Gasteiger charge is 2.30. The number of rotatable bonds is 9. The molecule has 1 fully saturated rings. The molecule has 1 aliphatic rings. The molecule has 4 rings (SSSR count). The number of nitrogens with zero attached hydrogens (tertiary/aromatic N) is 3. The molecule has 9 heteroatoms. The van der Waals surface area contributed by atoms with Crippen molar-refractivity contribution in [3.63, 3.8) is 0 Å². The standard InChI is InChI=1S/C20H21ClN4O3S/c1-27-17-7-6-15(21)9-14(17)10-22-18(26)12-29-20-24-23-19(13-4-5-13)25(20)11-16-3-2-8-28-16/h2-3,6-9,13H,4-5,10-12H2,1H3,(H,22,26). The summed E-state index contributed by atoms with van der Waals surface area (Å²) in [6.45, 7) is 0.908. The maximum atomic E-state index is 12.4. The Morgan fingerprint density at radius 1 is 1.38 bits per heavy atom. The number of furan rings is 1. The third-order valence-corrected chi connectivity index (χ3v) is 5.83. The van der Waals surface area contributed by atoms with Gasteiger partial charge in [-0.15, -0.1) is 10.2 Å². The Morgan fingerprint density at radius 3 is 2.97 bits per heavy atom. The minimum atomic E-state index is -0.0995. The first kappa shape index (κ1) is 19.8. The van der Waals surface area contributed by atoms with E-state index in [1.807, 2.05) is 12.1 Å². The van der Waals surface area contributed by atoms with Crippen LogP contribution in [-0.4, -0.2) is 33.5 Å². The molecule has 7 nitrogen and oxygen atoms in total. The first-order valence-corrected chi connectivity index (χ1v) is 10.7. The number of thioether (sulfide) groups is 1. The first-order valence-electron chi connectivity index (χ1n) is 9.31. The van der Waals surface area contributed by atoms with Gasteiger partial charge in [0.25, 0.3) is 0 Å². The largest absolute Gasteiger partial charge is 0.496 e. The number of halogens is 1. The van der Waals surface area contributed by atoms with Crippen molar-refractivity contribution in [2.24, 2.45) is 0 Å². The van der Waals surface area contributed by atoms with Crippen LogP contribution in [0.4, 0.5) is 0 Å². The molecule has 1 aliphatic carbocycles. The van der Waals surface area contributed by atoms with E-state index < -0.39 is 0 Å². The number of hydrogen-bond donors (Lipinski definition) is 1. The molecule has 1 amide bonds. The van der Waals surface area contributed by atoms with Crippen molar-refractivity contribution in [2.45, 2.75) is 37.0 Å². The predicted octanol–water partition coefficient (Wildman–Crippen LogP) is 3.87. The van der Waals surface area contributed by atoms with Crippen LogP contribution in [0.5, 0.6) is 5.75 Å². The lowest BCUT2D eigenvalue weighted by atomic mass is 10.2. The molecule has 2 heterocycles. The first-order chi connectivity index (χ1) is 14.1. The van der Waals surface area contributed by atoms with Crippen LogP contribution in [0.2, 0.25) is 5.02 Å². The molecule has 0 radical (unpaired) electrons. The number of ether oxygens (including phenoxy) is 1. The second-order valence-electron chi connectivity index (χ2n) is 6.80. The Morgan fingerprint density at radius 2 is 2.24 bits per heavy atom. The van der Waals surface area contributed by atoms with Gasteiger partial charge < -0.3 is 14.5 Å². The third-order valence-electron chi connectivity index (χ3n) is 4.63. The molecule has 0 bridgehead atoms. The zero-order valence-corrected chi connectivity index (χ0v) is 17.5. The smallest absolute Gasteiger partial charge is 0.230 e. The Labute approximate surface area is 177 Å². The summed E-state index contributed by atoms with van der Waals surface area (Å²) >= 11 is 7.41. The number of nitrogens with one attached hydrogen (secondary N) is 1. The summed E-state index contributed by atoms with van der Waals surface area (Å²) in [5.74, 6) is 3.09. The average Bonchev–Trinajstić information content (AvgIpc) is 3.28. The van der Waals surface area contributed by atoms with Crippen molar-refractivity contribution >= 4 is 29.3 Å². The Bertz CT molecular complexity index is 986. The molecule has 0 unspecified atom stereocenters. The highest BCUT2D eigenvalue weighted by molar-refractivity contribution is 7.99. The maximum Gasteiger partial charge on any atom is 0.230 e. The summed E-state index contributed by atoms with van der Waals surface area (Å²) in [6, 6.07) is 9.12. The minimum absolute atomic E-state index is 0.0995. The lowest BCUT2D eigenvalue weighted by molar-refractivity contribution is -0.118. The van der Waals surface area contributed by atoms with Crippen molar-refractivity contribution in [2.75, 3.05) is 12.9 Å². The van der Waals surface area contributed by atoms with Crippen LogP contribution in [0.15, 0.2) is 46.2 Å². The SMILES string of the molecule is COc1ccc(Cl)cc1CNC(=O)CSc1nnc(C2CC2)n1Cc1ccco1. The Kier molecular flexibility index (Phi) is 6.10. The van der Waals surface area contributed by atoms with Crippen molar-refractivity contribution in [3.8, 4) is 5.75 Å². The van der Waals surface area contributed by atoms with Crippen LogP contribution in [0.1, 0.15) is 35.9 Å². The summed E-state index contributed by atoms with van der Waals surface area (Å²) in [7, 11) is 1.59. The van der Waals surface area contributed by atoms with Crippen molar-refractivity contribution < 1.29 is 13.9 Å². The van der Waals surface area contributed by atoms with E-state index in [-0.39, 0.29) is 11.7 Å². The molecule has 29 heavy (non-hydrogen) atoms. The topological polar surface area (TPSA) is 82.2 Å². The van der Waals surface area contributed by atoms with Crippen LogP contribution in [-0.2, 0) is 17.9 Å². The van der Waals surface area contributed by atoms with Crippen LogP contribution in [0, 0.1) is 0 Å². The zero-order chi connectivity index (χ0) is 20.2. The second kappa shape index (κ2) is 8.92. The molecule has 1 aromatic carbocycles. The number of methoxy groups -OCH3 is 1. The van der Waals surface area contributed by atoms with Crippen LogP contribution >= 0.6 is 23.4 Å². The Balaban J connectivity index is 1.37. The van der Waals surface area contributed by atoms with Gasteiger partial charge in [0.15, 0.2) is 5.16 Å². The number of hydrogen-bond acceptors (Lipinski definition) is 6. The van der Waals surface area contributed by atoms with E-state index in [1.54, 1.807) is 31.6 Å². The van der Waals surface area contributed by atoms with Crippen molar-refractivity contribution in [3.05, 3.63) is 58.8 Å². The fourth-order valence-electron chi connectivity index (χ4n) is 3.02. The minimum Gasteiger partial charge on any atom is -0.496 e.